The van der Waals surface area contributed by atoms with Crippen LogP contribution in [0.3, 0.4) is 0 Å². The first-order valence-electron chi connectivity index (χ1n) is 7.20. The van der Waals surface area contributed by atoms with Gasteiger partial charge in [0.15, 0.2) is 0 Å². The third-order valence-electron chi connectivity index (χ3n) is 4.39. The third-order valence-corrected chi connectivity index (χ3v) is 4.39. The Hall–Kier alpha value is -1.26. The Morgan fingerprint density at radius 2 is 1.84 bits per heavy atom. The summed E-state index contributed by atoms with van der Waals surface area (Å²) in [5.41, 5.74) is -0.162. The van der Waals surface area contributed by atoms with E-state index in [4.69, 9.17) is 5.11 Å². The van der Waals surface area contributed by atoms with Crippen LogP contribution in [0.2, 0.25) is 0 Å². The maximum atomic E-state index is 12.0. The first-order chi connectivity index (χ1) is 8.88. The summed E-state index contributed by atoms with van der Waals surface area (Å²) >= 11 is 0. The molecule has 2 aliphatic carbocycles. The number of urea groups is 1. The fourth-order valence-corrected chi connectivity index (χ4v) is 2.97. The average Bonchev–Trinajstić information content (AvgIpc) is 3.12. The molecule has 0 aromatic rings. The molecule has 3 N–H and O–H groups in total. The normalized spacial score (nSPS) is 27.7. The number of rotatable bonds is 4. The predicted octanol–water partition coefficient (Wildman–Crippen LogP) is 2.12. The van der Waals surface area contributed by atoms with Crippen molar-refractivity contribution in [2.24, 2.45) is 11.8 Å². The van der Waals surface area contributed by atoms with Gasteiger partial charge in [0, 0.05) is 11.6 Å². The highest BCUT2D eigenvalue weighted by atomic mass is 16.4. The Labute approximate surface area is 114 Å². The number of carbonyl (C=O) groups is 2. The van der Waals surface area contributed by atoms with Crippen molar-refractivity contribution in [3.05, 3.63) is 0 Å². The van der Waals surface area contributed by atoms with Gasteiger partial charge in [-0.1, -0.05) is 6.42 Å². The molecule has 5 heteroatoms. The number of nitrogens with one attached hydrogen (secondary N) is 2. The highest BCUT2D eigenvalue weighted by Crippen LogP contribution is 2.39. The van der Waals surface area contributed by atoms with Crippen LogP contribution in [0.1, 0.15) is 52.4 Å². The minimum atomic E-state index is -0.745. The molecule has 0 spiro atoms. The van der Waals surface area contributed by atoms with Crippen LogP contribution in [-0.2, 0) is 4.79 Å². The minimum absolute atomic E-state index is 0.00940. The van der Waals surface area contributed by atoms with E-state index in [1.54, 1.807) is 0 Å². The topological polar surface area (TPSA) is 78.4 Å². The van der Waals surface area contributed by atoms with Gasteiger partial charge in [-0.25, -0.2) is 4.79 Å². The van der Waals surface area contributed by atoms with Gasteiger partial charge in [0.05, 0.1) is 5.92 Å². The summed E-state index contributed by atoms with van der Waals surface area (Å²) < 4.78 is 0. The van der Waals surface area contributed by atoms with Crippen molar-refractivity contribution in [1.82, 2.24) is 10.6 Å². The molecule has 0 aromatic heterocycles. The van der Waals surface area contributed by atoms with Crippen LogP contribution in [0.5, 0.6) is 0 Å². The molecule has 0 bridgehead atoms. The number of hydrogen-bond acceptors (Lipinski definition) is 2. The molecule has 2 saturated carbocycles. The fourth-order valence-electron chi connectivity index (χ4n) is 2.97. The lowest BCUT2D eigenvalue weighted by molar-refractivity contribution is -0.143. The molecule has 2 fully saturated rings. The Morgan fingerprint density at radius 1 is 1.16 bits per heavy atom. The van der Waals surface area contributed by atoms with Crippen LogP contribution in [0.15, 0.2) is 0 Å². The van der Waals surface area contributed by atoms with E-state index < -0.39 is 5.97 Å². The van der Waals surface area contributed by atoms with E-state index in [-0.39, 0.29) is 23.5 Å². The van der Waals surface area contributed by atoms with Gasteiger partial charge in [0.25, 0.3) is 0 Å². The van der Waals surface area contributed by atoms with Gasteiger partial charge in [-0.05, 0) is 51.9 Å². The van der Waals surface area contributed by atoms with Crippen molar-refractivity contribution in [2.75, 3.05) is 0 Å². The number of aliphatic carboxylic acids is 1. The molecule has 2 atom stereocenters. The summed E-state index contributed by atoms with van der Waals surface area (Å²) in [6.45, 7) is 4.09. The van der Waals surface area contributed by atoms with E-state index in [2.05, 4.69) is 10.6 Å². The fraction of sp³-hybridized carbons (Fsp3) is 0.857. The molecule has 19 heavy (non-hydrogen) atoms. The van der Waals surface area contributed by atoms with Crippen molar-refractivity contribution in [3.8, 4) is 0 Å². The standard InChI is InChI=1S/C14H24N2O3/c1-14(2,10-6-7-10)16-13(19)15-11-5-3-4-9(8-11)12(17)18/h9-11H,3-8H2,1-2H3,(H,17,18)(H2,15,16,19). The molecular weight excluding hydrogens is 244 g/mol. The van der Waals surface area contributed by atoms with E-state index in [9.17, 15) is 9.59 Å². The van der Waals surface area contributed by atoms with Crippen LogP contribution >= 0.6 is 0 Å². The van der Waals surface area contributed by atoms with E-state index in [0.717, 1.165) is 19.3 Å². The SMILES string of the molecule is CC(C)(NC(=O)NC1CCCC(C(=O)O)C1)C1CC1. The molecule has 0 aliphatic heterocycles. The van der Waals surface area contributed by atoms with Crippen LogP contribution < -0.4 is 10.6 Å². The lowest BCUT2D eigenvalue weighted by Crippen LogP contribution is -2.53. The Bertz CT molecular complexity index is 364. The molecular formula is C14H24N2O3. The van der Waals surface area contributed by atoms with Crippen molar-refractivity contribution in [3.63, 3.8) is 0 Å². The van der Waals surface area contributed by atoms with Gasteiger partial charge in [0.2, 0.25) is 0 Å². The number of amides is 2. The first kappa shape index (κ1) is 14.2. The molecule has 0 saturated heterocycles. The predicted molar refractivity (Wildman–Crippen MR) is 71.9 cm³/mol. The minimum Gasteiger partial charge on any atom is -0.481 e. The largest absolute Gasteiger partial charge is 0.481 e. The van der Waals surface area contributed by atoms with E-state index in [0.29, 0.717) is 12.3 Å². The first-order valence-corrected chi connectivity index (χ1v) is 7.20. The van der Waals surface area contributed by atoms with Crippen LogP contribution in [-0.4, -0.2) is 28.7 Å². The summed E-state index contributed by atoms with van der Waals surface area (Å²) in [5.74, 6) is -0.475. The third kappa shape index (κ3) is 3.85. The quantitative estimate of drug-likeness (QED) is 0.730. The van der Waals surface area contributed by atoms with Crippen LogP contribution in [0.25, 0.3) is 0 Å². The van der Waals surface area contributed by atoms with E-state index >= 15 is 0 Å². The second kappa shape index (κ2) is 5.39. The molecule has 2 aliphatic rings. The zero-order valence-corrected chi connectivity index (χ0v) is 11.7. The highest BCUT2D eigenvalue weighted by Gasteiger charge is 2.39. The van der Waals surface area contributed by atoms with Gasteiger partial charge in [-0.3, -0.25) is 4.79 Å². The molecule has 108 valence electrons. The maximum absolute atomic E-state index is 12.0. The molecule has 2 unspecified atom stereocenters. The Balaban J connectivity index is 1.80. The number of carboxylic acid groups (broad SMARTS) is 1. The van der Waals surface area contributed by atoms with E-state index in [1.807, 2.05) is 13.8 Å². The van der Waals surface area contributed by atoms with E-state index in [1.165, 1.54) is 12.8 Å². The molecule has 0 aromatic carbocycles. The number of carboxylic acids is 1. The Morgan fingerprint density at radius 3 is 2.42 bits per heavy atom. The molecule has 5 nitrogen and oxygen atoms in total. The van der Waals surface area contributed by atoms with Crippen molar-refractivity contribution >= 4 is 12.0 Å². The summed E-state index contributed by atoms with van der Waals surface area (Å²) in [5, 5.41) is 15.0. The molecule has 2 rings (SSSR count). The van der Waals surface area contributed by atoms with Crippen LogP contribution in [0, 0.1) is 11.8 Å². The van der Waals surface area contributed by atoms with Gasteiger partial charge >= 0.3 is 12.0 Å². The summed E-state index contributed by atoms with van der Waals surface area (Å²) in [7, 11) is 0. The van der Waals surface area contributed by atoms with Crippen molar-refractivity contribution in [2.45, 2.75) is 64.0 Å². The smallest absolute Gasteiger partial charge is 0.315 e. The van der Waals surface area contributed by atoms with Gasteiger partial charge in [0.1, 0.15) is 0 Å². The molecule has 2 amide bonds. The molecule has 0 heterocycles. The van der Waals surface area contributed by atoms with Gasteiger partial charge in [-0.2, -0.15) is 0 Å². The Kier molecular flexibility index (Phi) is 4.02. The molecule has 0 radical (unpaired) electrons. The summed E-state index contributed by atoms with van der Waals surface area (Å²) in [4.78, 5) is 22.9. The maximum Gasteiger partial charge on any atom is 0.315 e. The lowest BCUT2D eigenvalue weighted by atomic mass is 9.86. The monoisotopic (exact) mass is 268 g/mol. The number of carbonyl (C=O) groups excluding carboxylic acids is 1. The second-order valence-corrected chi connectivity index (χ2v) is 6.49. The number of hydrogen-bond donors (Lipinski definition) is 3. The summed E-state index contributed by atoms with van der Waals surface area (Å²) in [6.07, 6.45) is 5.37. The lowest BCUT2D eigenvalue weighted by Gasteiger charge is -2.31. The zero-order valence-electron chi connectivity index (χ0n) is 11.7. The van der Waals surface area contributed by atoms with Gasteiger partial charge in [-0.15, -0.1) is 0 Å². The summed E-state index contributed by atoms with van der Waals surface area (Å²) in [6, 6.07) is -0.169. The van der Waals surface area contributed by atoms with Crippen molar-refractivity contribution < 1.29 is 14.7 Å². The average molecular weight is 268 g/mol. The second-order valence-electron chi connectivity index (χ2n) is 6.49. The van der Waals surface area contributed by atoms with Crippen LogP contribution in [0.4, 0.5) is 4.79 Å². The zero-order chi connectivity index (χ0) is 14.0. The highest BCUT2D eigenvalue weighted by molar-refractivity contribution is 5.75. The van der Waals surface area contributed by atoms with Gasteiger partial charge < -0.3 is 15.7 Å². The van der Waals surface area contributed by atoms with Crippen molar-refractivity contribution in [1.29, 1.82) is 0 Å².